The predicted octanol–water partition coefficient (Wildman–Crippen LogP) is 2.48. The molecule has 1 rings (SSSR count). The number of aromatic nitrogens is 3. The standard InChI is InChI=1S/C13H25N5O/c1-5-7-19-13-17-11(14)16-12(18-13)15-10(4)8-9(3)6-2/h9-10H,5-8H2,1-4H3,(H3,14,15,16,17,18). The van der Waals surface area contributed by atoms with Crippen molar-refractivity contribution in [3.05, 3.63) is 0 Å². The predicted molar refractivity (Wildman–Crippen MR) is 77.2 cm³/mol. The zero-order valence-corrected chi connectivity index (χ0v) is 12.3. The van der Waals surface area contributed by atoms with Crippen molar-refractivity contribution in [2.75, 3.05) is 17.7 Å². The monoisotopic (exact) mass is 267 g/mol. The van der Waals surface area contributed by atoms with Crippen LogP contribution in [-0.2, 0) is 0 Å². The number of ether oxygens (including phenoxy) is 1. The number of nitrogens with zero attached hydrogens (tertiary/aromatic N) is 3. The average Bonchev–Trinajstić information content (AvgIpc) is 2.35. The minimum Gasteiger partial charge on any atom is -0.463 e. The van der Waals surface area contributed by atoms with Crippen molar-refractivity contribution in [3.8, 4) is 6.01 Å². The van der Waals surface area contributed by atoms with Crippen LogP contribution in [-0.4, -0.2) is 27.6 Å². The highest BCUT2D eigenvalue weighted by Crippen LogP contribution is 2.14. The Hall–Kier alpha value is -1.59. The lowest BCUT2D eigenvalue weighted by Crippen LogP contribution is -2.20. The summed E-state index contributed by atoms with van der Waals surface area (Å²) >= 11 is 0. The largest absolute Gasteiger partial charge is 0.463 e. The molecule has 1 aromatic rings. The molecular weight excluding hydrogens is 242 g/mol. The highest BCUT2D eigenvalue weighted by atomic mass is 16.5. The van der Waals surface area contributed by atoms with Crippen molar-refractivity contribution in [1.29, 1.82) is 0 Å². The van der Waals surface area contributed by atoms with E-state index in [4.69, 9.17) is 10.5 Å². The molecule has 1 heterocycles. The van der Waals surface area contributed by atoms with E-state index in [1.165, 1.54) is 0 Å². The van der Waals surface area contributed by atoms with Crippen molar-refractivity contribution < 1.29 is 4.74 Å². The zero-order valence-electron chi connectivity index (χ0n) is 12.3. The topological polar surface area (TPSA) is 86.0 Å². The van der Waals surface area contributed by atoms with Gasteiger partial charge >= 0.3 is 6.01 Å². The maximum Gasteiger partial charge on any atom is 0.323 e. The summed E-state index contributed by atoms with van der Waals surface area (Å²) < 4.78 is 5.38. The Morgan fingerprint density at radius 2 is 1.95 bits per heavy atom. The summed E-state index contributed by atoms with van der Waals surface area (Å²) in [6.07, 6.45) is 3.13. The Kier molecular flexibility index (Phi) is 6.32. The number of anilines is 2. The molecule has 0 spiro atoms. The smallest absolute Gasteiger partial charge is 0.323 e. The van der Waals surface area contributed by atoms with E-state index in [1.807, 2.05) is 6.92 Å². The van der Waals surface area contributed by atoms with Crippen molar-refractivity contribution >= 4 is 11.9 Å². The molecule has 108 valence electrons. The molecule has 0 saturated carbocycles. The molecule has 3 N–H and O–H groups in total. The van der Waals surface area contributed by atoms with Crippen LogP contribution < -0.4 is 15.8 Å². The molecular formula is C13H25N5O. The molecule has 0 saturated heterocycles. The van der Waals surface area contributed by atoms with Gasteiger partial charge in [-0.2, -0.15) is 15.0 Å². The molecule has 0 fully saturated rings. The van der Waals surface area contributed by atoms with Crippen LogP contribution in [0.3, 0.4) is 0 Å². The van der Waals surface area contributed by atoms with Gasteiger partial charge in [-0.3, -0.25) is 0 Å². The zero-order chi connectivity index (χ0) is 14.3. The van der Waals surface area contributed by atoms with Gasteiger partial charge in [-0.1, -0.05) is 27.2 Å². The Labute approximate surface area is 115 Å². The third-order valence-corrected chi connectivity index (χ3v) is 2.90. The fraction of sp³-hybridized carbons (Fsp3) is 0.769. The van der Waals surface area contributed by atoms with Crippen LogP contribution in [0, 0.1) is 5.92 Å². The van der Waals surface area contributed by atoms with E-state index >= 15 is 0 Å². The van der Waals surface area contributed by atoms with Crippen LogP contribution in [0.15, 0.2) is 0 Å². The van der Waals surface area contributed by atoms with Crippen molar-refractivity contribution in [2.45, 2.75) is 53.0 Å². The van der Waals surface area contributed by atoms with Crippen LogP contribution in [0.25, 0.3) is 0 Å². The fourth-order valence-corrected chi connectivity index (χ4v) is 1.74. The SMILES string of the molecule is CCCOc1nc(N)nc(NC(C)CC(C)CC)n1. The lowest BCUT2D eigenvalue weighted by Gasteiger charge is -2.17. The molecule has 0 amide bonds. The highest BCUT2D eigenvalue weighted by Gasteiger charge is 2.11. The molecule has 1 aromatic heterocycles. The Morgan fingerprint density at radius 3 is 2.58 bits per heavy atom. The van der Waals surface area contributed by atoms with Gasteiger partial charge in [0.1, 0.15) is 0 Å². The number of nitrogens with two attached hydrogens (primary N) is 1. The summed E-state index contributed by atoms with van der Waals surface area (Å²) in [6.45, 7) is 9.13. The molecule has 6 nitrogen and oxygen atoms in total. The van der Waals surface area contributed by atoms with Gasteiger partial charge < -0.3 is 15.8 Å². The first kappa shape index (κ1) is 15.5. The molecule has 0 aliphatic heterocycles. The first-order chi connectivity index (χ1) is 9.05. The maximum absolute atomic E-state index is 5.65. The van der Waals surface area contributed by atoms with E-state index in [1.54, 1.807) is 0 Å². The first-order valence-electron chi connectivity index (χ1n) is 6.96. The molecule has 0 radical (unpaired) electrons. The van der Waals surface area contributed by atoms with Crippen LogP contribution in [0.2, 0.25) is 0 Å². The van der Waals surface area contributed by atoms with Gasteiger partial charge in [0, 0.05) is 6.04 Å². The molecule has 2 unspecified atom stereocenters. The van der Waals surface area contributed by atoms with Crippen LogP contribution in [0.4, 0.5) is 11.9 Å². The fourth-order valence-electron chi connectivity index (χ4n) is 1.74. The molecule has 0 bridgehead atoms. The van der Waals surface area contributed by atoms with Gasteiger partial charge in [0.2, 0.25) is 11.9 Å². The molecule has 0 aromatic carbocycles. The van der Waals surface area contributed by atoms with E-state index in [0.717, 1.165) is 19.3 Å². The van der Waals surface area contributed by atoms with Gasteiger partial charge in [0.15, 0.2) is 0 Å². The summed E-state index contributed by atoms with van der Waals surface area (Å²) in [5, 5.41) is 3.24. The van der Waals surface area contributed by atoms with E-state index in [9.17, 15) is 0 Å². The Morgan fingerprint density at radius 1 is 1.21 bits per heavy atom. The van der Waals surface area contributed by atoms with Crippen molar-refractivity contribution in [2.24, 2.45) is 5.92 Å². The van der Waals surface area contributed by atoms with Gasteiger partial charge in [0.25, 0.3) is 0 Å². The molecule has 19 heavy (non-hydrogen) atoms. The summed E-state index contributed by atoms with van der Waals surface area (Å²) in [4.78, 5) is 12.2. The number of nitrogens with one attached hydrogen (secondary N) is 1. The molecule has 0 aliphatic rings. The quantitative estimate of drug-likeness (QED) is 0.752. The van der Waals surface area contributed by atoms with Crippen molar-refractivity contribution in [1.82, 2.24) is 15.0 Å². The van der Waals surface area contributed by atoms with Crippen molar-refractivity contribution in [3.63, 3.8) is 0 Å². The second-order valence-corrected chi connectivity index (χ2v) is 4.94. The molecule has 6 heteroatoms. The normalized spacial score (nSPS) is 13.9. The van der Waals surface area contributed by atoms with Gasteiger partial charge in [-0.25, -0.2) is 0 Å². The Bertz CT molecular complexity index is 385. The number of rotatable bonds is 8. The van der Waals surface area contributed by atoms with Crippen LogP contribution in [0.1, 0.15) is 47.0 Å². The number of nitrogen functional groups attached to an aromatic ring is 1. The number of hydrogen-bond acceptors (Lipinski definition) is 6. The molecule has 0 aliphatic carbocycles. The second kappa shape index (κ2) is 7.76. The number of hydrogen-bond donors (Lipinski definition) is 2. The first-order valence-corrected chi connectivity index (χ1v) is 6.96. The van der Waals surface area contributed by atoms with Gasteiger partial charge in [0.05, 0.1) is 6.61 Å². The Balaban J connectivity index is 2.64. The average molecular weight is 267 g/mol. The summed E-state index contributed by atoms with van der Waals surface area (Å²) in [7, 11) is 0. The van der Waals surface area contributed by atoms with Crippen LogP contribution >= 0.6 is 0 Å². The third kappa shape index (κ3) is 5.72. The third-order valence-electron chi connectivity index (χ3n) is 2.90. The van der Waals surface area contributed by atoms with E-state index in [-0.39, 0.29) is 18.0 Å². The van der Waals surface area contributed by atoms with Gasteiger partial charge in [-0.05, 0) is 25.7 Å². The minimum atomic E-state index is 0.180. The maximum atomic E-state index is 5.65. The minimum absolute atomic E-state index is 0.180. The molecule has 2 atom stereocenters. The van der Waals surface area contributed by atoms with E-state index in [0.29, 0.717) is 18.5 Å². The summed E-state index contributed by atoms with van der Waals surface area (Å²) in [5.74, 6) is 1.33. The summed E-state index contributed by atoms with van der Waals surface area (Å²) in [6, 6.07) is 0.573. The van der Waals surface area contributed by atoms with Gasteiger partial charge in [-0.15, -0.1) is 0 Å². The van der Waals surface area contributed by atoms with Crippen LogP contribution in [0.5, 0.6) is 6.01 Å². The lowest BCUT2D eigenvalue weighted by molar-refractivity contribution is 0.292. The van der Waals surface area contributed by atoms with E-state index < -0.39 is 0 Å². The van der Waals surface area contributed by atoms with E-state index in [2.05, 4.69) is 41.0 Å². The summed E-state index contributed by atoms with van der Waals surface area (Å²) in [5.41, 5.74) is 5.65. The lowest BCUT2D eigenvalue weighted by atomic mass is 10.0. The second-order valence-electron chi connectivity index (χ2n) is 4.94. The highest BCUT2D eigenvalue weighted by molar-refractivity contribution is 5.33.